The fraction of sp³-hybridized carbons (Fsp3) is 0.538. The molecule has 0 aliphatic carbocycles. The molecular weight excluding hydrogens is 212 g/mol. The van der Waals surface area contributed by atoms with Crippen molar-refractivity contribution in [3.05, 3.63) is 23.9 Å². The lowest BCUT2D eigenvalue weighted by molar-refractivity contribution is 0.407. The Morgan fingerprint density at radius 1 is 1.29 bits per heavy atom. The lowest BCUT2D eigenvalue weighted by atomic mass is 10.3. The highest BCUT2D eigenvalue weighted by atomic mass is 15.2. The van der Waals surface area contributed by atoms with Gasteiger partial charge in [0.1, 0.15) is 17.6 Å². The van der Waals surface area contributed by atoms with Crippen LogP contribution in [-0.4, -0.2) is 43.1 Å². The summed E-state index contributed by atoms with van der Waals surface area (Å²) in [5.74, 6) is 0.876. The summed E-state index contributed by atoms with van der Waals surface area (Å²) in [5, 5.41) is 8.86. The van der Waals surface area contributed by atoms with Gasteiger partial charge in [-0.3, -0.25) is 0 Å². The number of aromatic nitrogens is 1. The number of rotatable bonds is 5. The SMILES string of the molecule is CC(C)N(CCN(C)C)c1cccc(C#N)n1. The van der Waals surface area contributed by atoms with Gasteiger partial charge in [0, 0.05) is 19.1 Å². The minimum Gasteiger partial charge on any atom is -0.353 e. The Labute approximate surface area is 103 Å². The normalized spacial score (nSPS) is 10.6. The van der Waals surface area contributed by atoms with Gasteiger partial charge in [0.2, 0.25) is 0 Å². The summed E-state index contributed by atoms with van der Waals surface area (Å²) in [6.45, 7) is 6.15. The van der Waals surface area contributed by atoms with Crippen LogP contribution in [0.2, 0.25) is 0 Å². The zero-order valence-electron chi connectivity index (χ0n) is 11.0. The van der Waals surface area contributed by atoms with Crippen molar-refractivity contribution in [3.8, 4) is 6.07 Å². The van der Waals surface area contributed by atoms with E-state index in [9.17, 15) is 0 Å². The quantitative estimate of drug-likeness (QED) is 0.775. The van der Waals surface area contributed by atoms with Crippen LogP contribution in [-0.2, 0) is 0 Å². The third-order valence-corrected chi connectivity index (χ3v) is 2.55. The zero-order chi connectivity index (χ0) is 12.8. The predicted molar refractivity (Wildman–Crippen MR) is 70.0 cm³/mol. The van der Waals surface area contributed by atoms with Crippen LogP contribution in [0.15, 0.2) is 18.2 Å². The summed E-state index contributed by atoms with van der Waals surface area (Å²) in [7, 11) is 4.11. The van der Waals surface area contributed by atoms with Gasteiger partial charge in [-0.1, -0.05) is 6.07 Å². The lowest BCUT2D eigenvalue weighted by Gasteiger charge is -2.29. The van der Waals surface area contributed by atoms with Crippen LogP contribution in [0, 0.1) is 11.3 Å². The van der Waals surface area contributed by atoms with E-state index in [-0.39, 0.29) is 0 Å². The monoisotopic (exact) mass is 232 g/mol. The van der Waals surface area contributed by atoms with Gasteiger partial charge in [-0.15, -0.1) is 0 Å². The van der Waals surface area contributed by atoms with Crippen molar-refractivity contribution in [1.29, 1.82) is 5.26 Å². The van der Waals surface area contributed by atoms with Crippen molar-refractivity contribution in [2.24, 2.45) is 0 Å². The van der Waals surface area contributed by atoms with Gasteiger partial charge in [0.05, 0.1) is 0 Å². The van der Waals surface area contributed by atoms with Gasteiger partial charge in [-0.2, -0.15) is 5.26 Å². The van der Waals surface area contributed by atoms with E-state index < -0.39 is 0 Å². The van der Waals surface area contributed by atoms with Crippen molar-refractivity contribution >= 4 is 5.82 Å². The molecule has 92 valence electrons. The average molecular weight is 232 g/mol. The van der Waals surface area contributed by atoms with E-state index in [1.54, 1.807) is 6.07 Å². The molecule has 1 heterocycles. The van der Waals surface area contributed by atoms with Crippen molar-refractivity contribution in [2.45, 2.75) is 19.9 Å². The Balaban J connectivity index is 2.86. The molecule has 0 saturated carbocycles. The second kappa shape index (κ2) is 6.21. The van der Waals surface area contributed by atoms with E-state index in [4.69, 9.17) is 5.26 Å². The molecule has 17 heavy (non-hydrogen) atoms. The third-order valence-electron chi connectivity index (χ3n) is 2.55. The Hall–Kier alpha value is -1.60. The topological polar surface area (TPSA) is 43.2 Å². The molecule has 0 amide bonds. The number of likely N-dealkylation sites (N-methyl/N-ethyl adjacent to an activating group) is 1. The van der Waals surface area contributed by atoms with Crippen LogP contribution in [0.1, 0.15) is 19.5 Å². The summed E-state index contributed by atoms with van der Waals surface area (Å²) in [6, 6.07) is 8.02. The summed E-state index contributed by atoms with van der Waals surface area (Å²) in [5.41, 5.74) is 0.470. The molecule has 0 saturated heterocycles. The lowest BCUT2D eigenvalue weighted by Crippen LogP contribution is -2.37. The largest absolute Gasteiger partial charge is 0.353 e. The van der Waals surface area contributed by atoms with Crippen molar-refractivity contribution in [1.82, 2.24) is 9.88 Å². The fourth-order valence-corrected chi connectivity index (χ4v) is 1.59. The van der Waals surface area contributed by atoms with Gasteiger partial charge in [-0.05, 0) is 40.1 Å². The fourth-order valence-electron chi connectivity index (χ4n) is 1.59. The Kier molecular flexibility index (Phi) is 4.92. The maximum Gasteiger partial charge on any atom is 0.142 e. The molecule has 0 bridgehead atoms. The van der Waals surface area contributed by atoms with Gasteiger partial charge in [0.15, 0.2) is 0 Å². The Morgan fingerprint density at radius 2 is 2.00 bits per heavy atom. The molecule has 0 unspecified atom stereocenters. The Bertz CT molecular complexity index is 393. The van der Waals surface area contributed by atoms with E-state index >= 15 is 0 Å². The maximum absolute atomic E-state index is 8.86. The summed E-state index contributed by atoms with van der Waals surface area (Å²) in [4.78, 5) is 8.69. The smallest absolute Gasteiger partial charge is 0.142 e. The molecule has 0 spiro atoms. The number of pyridine rings is 1. The molecule has 1 aromatic heterocycles. The van der Waals surface area contributed by atoms with E-state index in [1.807, 2.05) is 12.1 Å². The number of hydrogen-bond donors (Lipinski definition) is 0. The minimum atomic E-state index is 0.372. The molecule has 0 radical (unpaired) electrons. The van der Waals surface area contributed by atoms with Crippen LogP contribution in [0.3, 0.4) is 0 Å². The first-order valence-electron chi connectivity index (χ1n) is 5.83. The number of nitrogens with zero attached hydrogens (tertiary/aromatic N) is 4. The minimum absolute atomic E-state index is 0.372. The molecule has 0 aliphatic heterocycles. The van der Waals surface area contributed by atoms with Gasteiger partial charge < -0.3 is 9.80 Å². The van der Waals surface area contributed by atoms with Crippen LogP contribution >= 0.6 is 0 Å². The molecule has 1 aromatic rings. The van der Waals surface area contributed by atoms with Crippen LogP contribution in [0.5, 0.6) is 0 Å². The van der Waals surface area contributed by atoms with Crippen LogP contribution in [0.4, 0.5) is 5.82 Å². The summed E-state index contributed by atoms with van der Waals surface area (Å²) in [6.07, 6.45) is 0. The summed E-state index contributed by atoms with van der Waals surface area (Å²) >= 11 is 0. The molecule has 1 rings (SSSR count). The Morgan fingerprint density at radius 3 is 2.53 bits per heavy atom. The van der Waals surface area contributed by atoms with Gasteiger partial charge >= 0.3 is 0 Å². The molecule has 0 aromatic carbocycles. The second-order valence-electron chi connectivity index (χ2n) is 4.58. The van der Waals surface area contributed by atoms with Crippen molar-refractivity contribution in [2.75, 3.05) is 32.1 Å². The van der Waals surface area contributed by atoms with E-state index in [0.717, 1.165) is 18.9 Å². The van der Waals surface area contributed by atoms with Gasteiger partial charge in [-0.25, -0.2) is 4.98 Å². The first kappa shape index (κ1) is 13.5. The average Bonchev–Trinajstić information content (AvgIpc) is 2.28. The highest BCUT2D eigenvalue weighted by Crippen LogP contribution is 2.14. The van der Waals surface area contributed by atoms with Crippen LogP contribution < -0.4 is 4.90 Å². The molecule has 0 aliphatic rings. The molecule has 0 fully saturated rings. The third kappa shape index (κ3) is 4.04. The van der Waals surface area contributed by atoms with Crippen molar-refractivity contribution in [3.63, 3.8) is 0 Å². The van der Waals surface area contributed by atoms with Crippen molar-refractivity contribution < 1.29 is 0 Å². The van der Waals surface area contributed by atoms with E-state index in [2.05, 4.69) is 48.8 Å². The first-order chi connectivity index (χ1) is 8.04. The zero-order valence-corrected chi connectivity index (χ0v) is 11.0. The van der Waals surface area contributed by atoms with Gasteiger partial charge in [0.25, 0.3) is 0 Å². The standard InChI is InChI=1S/C13H20N4/c1-11(2)17(9-8-16(3)4)13-7-5-6-12(10-14)15-13/h5-7,11H,8-9H2,1-4H3. The molecular formula is C13H20N4. The van der Waals surface area contributed by atoms with E-state index in [0.29, 0.717) is 11.7 Å². The molecule has 0 N–H and O–H groups in total. The molecule has 4 heteroatoms. The highest BCUT2D eigenvalue weighted by Gasteiger charge is 2.12. The van der Waals surface area contributed by atoms with E-state index in [1.165, 1.54) is 0 Å². The second-order valence-corrected chi connectivity index (χ2v) is 4.58. The number of nitriles is 1. The van der Waals surface area contributed by atoms with Crippen LogP contribution in [0.25, 0.3) is 0 Å². The number of anilines is 1. The predicted octanol–water partition coefficient (Wildman–Crippen LogP) is 1.73. The number of hydrogen-bond acceptors (Lipinski definition) is 4. The summed E-state index contributed by atoms with van der Waals surface area (Å²) < 4.78 is 0. The molecule has 0 atom stereocenters. The molecule has 4 nitrogen and oxygen atoms in total. The first-order valence-corrected chi connectivity index (χ1v) is 5.83. The highest BCUT2D eigenvalue weighted by molar-refractivity contribution is 5.42. The maximum atomic E-state index is 8.86.